The van der Waals surface area contributed by atoms with Crippen LogP contribution in [0.2, 0.25) is 0 Å². The van der Waals surface area contributed by atoms with Crippen molar-refractivity contribution in [3.05, 3.63) is 11.6 Å². The van der Waals surface area contributed by atoms with E-state index in [4.69, 9.17) is 0 Å². The zero-order chi connectivity index (χ0) is 13.7. The molecule has 0 aliphatic heterocycles. The second-order valence-corrected chi connectivity index (χ2v) is 6.18. The third kappa shape index (κ3) is 3.96. The summed E-state index contributed by atoms with van der Waals surface area (Å²) < 4.78 is 0. The molecule has 19 heavy (non-hydrogen) atoms. The smallest absolute Gasteiger partial charge is 0.291 e. The molecular formula is C13H22N4OS. The summed E-state index contributed by atoms with van der Waals surface area (Å²) in [6, 6.07) is 0.282. The standard InChI is InChI=1S/C13H22N4OS/c1-3-4-11-15-12(17-16-11)13(18)14-9-5-7-10(19-2)8-6-9/h9-10H,3-8H2,1-2H3,(H,14,18)(H,15,16,17). The average molecular weight is 282 g/mol. The molecule has 0 spiro atoms. The Kier molecular flexibility index (Phi) is 5.24. The Labute approximate surface area is 118 Å². The minimum atomic E-state index is -0.147. The fraction of sp³-hybridized carbons (Fsp3) is 0.769. The van der Waals surface area contributed by atoms with Crippen LogP contribution in [-0.2, 0) is 6.42 Å². The van der Waals surface area contributed by atoms with Gasteiger partial charge in [0.15, 0.2) is 0 Å². The summed E-state index contributed by atoms with van der Waals surface area (Å²) in [6.45, 7) is 2.08. The van der Waals surface area contributed by atoms with E-state index in [0.717, 1.165) is 36.8 Å². The molecule has 5 nitrogen and oxygen atoms in total. The van der Waals surface area contributed by atoms with Crippen LogP contribution in [0.5, 0.6) is 0 Å². The largest absolute Gasteiger partial charge is 0.347 e. The fourth-order valence-electron chi connectivity index (χ4n) is 2.44. The number of carbonyl (C=O) groups is 1. The number of thioether (sulfide) groups is 1. The molecule has 1 fully saturated rings. The summed E-state index contributed by atoms with van der Waals surface area (Å²) in [4.78, 5) is 16.2. The molecular weight excluding hydrogens is 260 g/mol. The molecule has 1 aromatic heterocycles. The van der Waals surface area contributed by atoms with Crippen LogP contribution in [0.15, 0.2) is 0 Å². The molecule has 1 aliphatic carbocycles. The Bertz CT molecular complexity index is 413. The molecule has 2 N–H and O–H groups in total. The van der Waals surface area contributed by atoms with E-state index < -0.39 is 0 Å². The molecule has 6 heteroatoms. The minimum Gasteiger partial charge on any atom is -0.347 e. The number of H-pyrrole nitrogens is 1. The van der Waals surface area contributed by atoms with Gasteiger partial charge in [0.2, 0.25) is 5.82 Å². The lowest BCUT2D eigenvalue weighted by atomic mass is 9.95. The zero-order valence-corrected chi connectivity index (χ0v) is 12.4. The van der Waals surface area contributed by atoms with Crippen molar-refractivity contribution >= 4 is 17.7 Å². The van der Waals surface area contributed by atoms with E-state index in [1.54, 1.807) is 0 Å². The number of carbonyl (C=O) groups excluding carboxylic acids is 1. The number of nitrogens with one attached hydrogen (secondary N) is 2. The van der Waals surface area contributed by atoms with Gasteiger partial charge >= 0.3 is 0 Å². The summed E-state index contributed by atoms with van der Waals surface area (Å²) in [6.07, 6.45) is 8.47. The minimum absolute atomic E-state index is 0.147. The van der Waals surface area contributed by atoms with Gasteiger partial charge in [-0.1, -0.05) is 6.92 Å². The van der Waals surface area contributed by atoms with Crippen molar-refractivity contribution in [3.8, 4) is 0 Å². The maximum atomic E-state index is 12.0. The predicted molar refractivity (Wildman–Crippen MR) is 77.4 cm³/mol. The van der Waals surface area contributed by atoms with E-state index in [-0.39, 0.29) is 17.8 Å². The summed E-state index contributed by atoms with van der Waals surface area (Å²) >= 11 is 1.93. The third-order valence-electron chi connectivity index (χ3n) is 3.56. The van der Waals surface area contributed by atoms with Crippen LogP contribution in [-0.4, -0.2) is 38.6 Å². The van der Waals surface area contributed by atoms with Crippen LogP contribution in [0.1, 0.15) is 55.5 Å². The van der Waals surface area contributed by atoms with E-state index >= 15 is 0 Å². The first kappa shape index (κ1) is 14.4. The predicted octanol–water partition coefficient (Wildman–Crippen LogP) is 2.16. The van der Waals surface area contributed by atoms with Gasteiger partial charge in [0.05, 0.1) is 0 Å². The molecule has 106 valence electrons. The molecule has 1 heterocycles. The molecule has 1 saturated carbocycles. The first-order valence-corrected chi connectivity index (χ1v) is 8.26. The van der Waals surface area contributed by atoms with Gasteiger partial charge in [0.25, 0.3) is 5.91 Å². The number of amides is 1. The summed E-state index contributed by atoms with van der Waals surface area (Å²) in [5.41, 5.74) is 0. The summed E-state index contributed by atoms with van der Waals surface area (Å²) in [7, 11) is 0. The lowest BCUT2D eigenvalue weighted by Crippen LogP contribution is -2.38. The topological polar surface area (TPSA) is 70.7 Å². The van der Waals surface area contributed by atoms with E-state index in [0.29, 0.717) is 0 Å². The highest BCUT2D eigenvalue weighted by atomic mass is 32.2. The van der Waals surface area contributed by atoms with Gasteiger partial charge in [0.1, 0.15) is 5.82 Å². The van der Waals surface area contributed by atoms with Crippen molar-refractivity contribution in [1.82, 2.24) is 20.5 Å². The van der Waals surface area contributed by atoms with Crippen molar-refractivity contribution in [1.29, 1.82) is 0 Å². The molecule has 1 aromatic rings. The fourth-order valence-corrected chi connectivity index (χ4v) is 3.18. The molecule has 0 radical (unpaired) electrons. The Morgan fingerprint density at radius 1 is 1.42 bits per heavy atom. The number of nitrogens with zero attached hydrogens (tertiary/aromatic N) is 2. The van der Waals surface area contributed by atoms with Crippen LogP contribution < -0.4 is 5.32 Å². The SMILES string of the molecule is CCCc1nc(C(=O)NC2CCC(SC)CC2)n[nH]1. The maximum Gasteiger partial charge on any atom is 0.291 e. The van der Waals surface area contributed by atoms with Gasteiger partial charge in [-0.2, -0.15) is 11.8 Å². The van der Waals surface area contributed by atoms with Gasteiger partial charge in [-0.3, -0.25) is 9.89 Å². The first-order valence-electron chi connectivity index (χ1n) is 6.97. The highest BCUT2D eigenvalue weighted by molar-refractivity contribution is 7.99. The zero-order valence-electron chi connectivity index (χ0n) is 11.6. The lowest BCUT2D eigenvalue weighted by Gasteiger charge is -2.27. The number of hydrogen-bond donors (Lipinski definition) is 2. The van der Waals surface area contributed by atoms with Crippen molar-refractivity contribution in [2.45, 2.75) is 56.7 Å². The molecule has 0 bridgehead atoms. The van der Waals surface area contributed by atoms with Gasteiger partial charge in [0, 0.05) is 17.7 Å². The molecule has 1 amide bonds. The molecule has 0 unspecified atom stereocenters. The molecule has 2 rings (SSSR count). The van der Waals surface area contributed by atoms with E-state index in [1.165, 1.54) is 12.8 Å². The monoisotopic (exact) mass is 282 g/mol. The Hall–Kier alpha value is -1.04. The van der Waals surface area contributed by atoms with E-state index in [9.17, 15) is 4.79 Å². The molecule has 0 aromatic carbocycles. The van der Waals surface area contributed by atoms with E-state index in [1.807, 2.05) is 11.8 Å². The Balaban J connectivity index is 1.83. The second kappa shape index (κ2) is 6.93. The summed E-state index contributed by atoms with van der Waals surface area (Å²) in [5, 5.41) is 10.6. The van der Waals surface area contributed by atoms with E-state index in [2.05, 4.69) is 33.7 Å². The van der Waals surface area contributed by atoms with Crippen LogP contribution in [0, 0.1) is 0 Å². The van der Waals surface area contributed by atoms with Crippen LogP contribution in [0.4, 0.5) is 0 Å². The molecule has 1 aliphatic rings. The van der Waals surface area contributed by atoms with Crippen LogP contribution >= 0.6 is 11.8 Å². The molecule has 0 atom stereocenters. The Morgan fingerprint density at radius 3 is 2.79 bits per heavy atom. The Morgan fingerprint density at radius 2 is 2.16 bits per heavy atom. The highest BCUT2D eigenvalue weighted by Crippen LogP contribution is 2.26. The summed E-state index contributed by atoms with van der Waals surface area (Å²) in [5.74, 6) is 0.917. The second-order valence-electron chi connectivity index (χ2n) is 5.04. The van der Waals surface area contributed by atoms with Crippen molar-refractivity contribution < 1.29 is 4.79 Å². The first-order chi connectivity index (χ1) is 9.22. The van der Waals surface area contributed by atoms with Crippen molar-refractivity contribution in [2.24, 2.45) is 0 Å². The number of aromatic amines is 1. The van der Waals surface area contributed by atoms with Gasteiger partial charge in [-0.05, 0) is 38.4 Å². The van der Waals surface area contributed by atoms with Crippen molar-refractivity contribution in [2.75, 3.05) is 6.26 Å². The highest BCUT2D eigenvalue weighted by Gasteiger charge is 2.23. The number of rotatable bonds is 5. The quantitative estimate of drug-likeness (QED) is 0.868. The van der Waals surface area contributed by atoms with Crippen molar-refractivity contribution in [3.63, 3.8) is 0 Å². The van der Waals surface area contributed by atoms with Gasteiger partial charge < -0.3 is 5.32 Å². The van der Waals surface area contributed by atoms with Crippen LogP contribution in [0.25, 0.3) is 0 Å². The van der Waals surface area contributed by atoms with Gasteiger partial charge in [-0.15, -0.1) is 5.10 Å². The van der Waals surface area contributed by atoms with Gasteiger partial charge in [-0.25, -0.2) is 4.98 Å². The maximum absolute atomic E-state index is 12.0. The average Bonchev–Trinajstić information content (AvgIpc) is 2.89. The third-order valence-corrected chi connectivity index (χ3v) is 4.70. The normalized spacial score (nSPS) is 23.3. The molecule has 0 saturated heterocycles. The number of aryl methyl sites for hydroxylation is 1. The number of hydrogen-bond acceptors (Lipinski definition) is 4. The number of aromatic nitrogens is 3. The lowest BCUT2D eigenvalue weighted by molar-refractivity contribution is 0.0918. The van der Waals surface area contributed by atoms with Crippen LogP contribution in [0.3, 0.4) is 0 Å².